The summed E-state index contributed by atoms with van der Waals surface area (Å²) in [4.78, 5) is 4.50. The molecule has 160 valence electrons. The Kier molecular flexibility index (Phi) is 8.11. The van der Waals surface area contributed by atoms with Gasteiger partial charge in [0.2, 0.25) is 20.0 Å². The van der Waals surface area contributed by atoms with Crippen molar-refractivity contribution in [3.63, 3.8) is 0 Å². The van der Waals surface area contributed by atoms with Crippen molar-refractivity contribution >= 4 is 31.4 Å². The summed E-state index contributed by atoms with van der Waals surface area (Å²) >= 11 is 0. The fourth-order valence-corrected chi connectivity index (χ4v) is 4.52. The Balaban J connectivity index is 1.97. The number of fused-ring (bicyclic) bond motifs is 1. The number of sulfonamides is 2. The summed E-state index contributed by atoms with van der Waals surface area (Å²) in [6.07, 6.45) is 5.90. The number of nitrogens with zero attached hydrogens (tertiary/aromatic N) is 2. The van der Waals surface area contributed by atoms with Gasteiger partial charge in [-0.2, -0.15) is 0 Å². The van der Waals surface area contributed by atoms with Gasteiger partial charge in [0.15, 0.2) is 0 Å². The smallest absolute Gasteiger partial charge is 0.208 e. The standard InChI is InChI=1S/C18H32N4O4S2/c1-21(13-6-11-19-27(2,23)24)17-9-4-10-18-16(17)8-5-14-22(18)15-7-12-20-28(3,25)26/h4,9-10,19-20H,5-8,11-15H2,1-3H3. The van der Waals surface area contributed by atoms with Crippen LogP contribution in [-0.4, -0.2) is 69.1 Å². The maximum Gasteiger partial charge on any atom is 0.208 e. The van der Waals surface area contributed by atoms with Crippen molar-refractivity contribution < 1.29 is 16.8 Å². The van der Waals surface area contributed by atoms with E-state index in [0.717, 1.165) is 45.3 Å². The summed E-state index contributed by atoms with van der Waals surface area (Å²) in [7, 11) is -4.26. The van der Waals surface area contributed by atoms with Crippen LogP contribution in [0.25, 0.3) is 0 Å². The Morgan fingerprint density at radius 1 is 1.04 bits per heavy atom. The number of hydrogen-bond donors (Lipinski definition) is 2. The molecule has 0 aromatic heterocycles. The number of benzene rings is 1. The van der Waals surface area contributed by atoms with Crippen molar-refractivity contribution in [2.24, 2.45) is 0 Å². The Morgan fingerprint density at radius 2 is 1.68 bits per heavy atom. The summed E-state index contributed by atoms with van der Waals surface area (Å²) in [6.45, 7) is 3.41. The van der Waals surface area contributed by atoms with E-state index < -0.39 is 20.0 Å². The molecule has 0 unspecified atom stereocenters. The third-order valence-corrected chi connectivity index (χ3v) is 6.19. The highest BCUT2D eigenvalue weighted by molar-refractivity contribution is 7.89. The highest BCUT2D eigenvalue weighted by Crippen LogP contribution is 2.34. The molecule has 0 saturated heterocycles. The average Bonchev–Trinajstić information content (AvgIpc) is 2.60. The van der Waals surface area contributed by atoms with Gasteiger partial charge in [0.05, 0.1) is 12.5 Å². The van der Waals surface area contributed by atoms with Gasteiger partial charge in [-0.1, -0.05) is 6.07 Å². The van der Waals surface area contributed by atoms with E-state index in [1.54, 1.807) is 0 Å². The van der Waals surface area contributed by atoms with Crippen LogP contribution in [-0.2, 0) is 26.5 Å². The van der Waals surface area contributed by atoms with Gasteiger partial charge in [-0.3, -0.25) is 0 Å². The first-order chi connectivity index (χ1) is 13.1. The fourth-order valence-electron chi connectivity index (χ4n) is 3.49. The average molecular weight is 433 g/mol. The zero-order valence-electron chi connectivity index (χ0n) is 16.9. The van der Waals surface area contributed by atoms with Crippen molar-refractivity contribution in [3.05, 3.63) is 23.8 Å². The molecule has 0 saturated carbocycles. The van der Waals surface area contributed by atoms with Gasteiger partial charge >= 0.3 is 0 Å². The van der Waals surface area contributed by atoms with E-state index in [2.05, 4.69) is 31.4 Å². The van der Waals surface area contributed by atoms with Crippen LogP contribution in [0.1, 0.15) is 24.8 Å². The van der Waals surface area contributed by atoms with Crippen LogP contribution >= 0.6 is 0 Å². The van der Waals surface area contributed by atoms with Crippen LogP contribution in [0.5, 0.6) is 0 Å². The van der Waals surface area contributed by atoms with E-state index >= 15 is 0 Å². The van der Waals surface area contributed by atoms with Crippen molar-refractivity contribution in [2.45, 2.75) is 25.7 Å². The zero-order valence-corrected chi connectivity index (χ0v) is 18.6. The van der Waals surface area contributed by atoms with Gasteiger partial charge in [-0.25, -0.2) is 26.3 Å². The molecule has 10 heteroatoms. The van der Waals surface area contributed by atoms with E-state index in [9.17, 15) is 16.8 Å². The molecule has 1 aromatic carbocycles. The van der Waals surface area contributed by atoms with Gasteiger partial charge in [0.1, 0.15) is 0 Å². The summed E-state index contributed by atoms with van der Waals surface area (Å²) in [5.74, 6) is 0. The molecule has 0 atom stereocenters. The maximum absolute atomic E-state index is 11.2. The van der Waals surface area contributed by atoms with Crippen molar-refractivity contribution in [1.82, 2.24) is 9.44 Å². The number of hydrogen-bond acceptors (Lipinski definition) is 6. The SMILES string of the molecule is CN(CCCNS(C)(=O)=O)c1cccc2c1CCCN2CCCNS(C)(=O)=O. The van der Waals surface area contributed by atoms with Crippen molar-refractivity contribution in [1.29, 1.82) is 0 Å². The van der Waals surface area contributed by atoms with Crippen LogP contribution in [0.4, 0.5) is 11.4 Å². The minimum Gasteiger partial charge on any atom is -0.374 e. The molecule has 1 aromatic rings. The zero-order chi connectivity index (χ0) is 20.8. The first-order valence-electron chi connectivity index (χ1n) is 9.54. The van der Waals surface area contributed by atoms with E-state index in [-0.39, 0.29) is 0 Å². The molecule has 0 spiro atoms. The molecule has 1 aliphatic heterocycles. The maximum atomic E-state index is 11.2. The normalized spacial score (nSPS) is 14.8. The fraction of sp³-hybridized carbons (Fsp3) is 0.667. The third kappa shape index (κ3) is 7.57. The molecule has 0 amide bonds. The molecular weight excluding hydrogens is 400 g/mol. The molecule has 2 N–H and O–H groups in total. The molecule has 1 aliphatic rings. The molecule has 0 radical (unpaired) electrons. The van der Waals surface area contributed by atoms with Gasteiger partial charge in [-0.15, -0.1) is 0 Å². The number of nitrogens with one attached hydrogen (secondary N) is 2. The second-order valence-corrected chi connectivity index (χ2v) is 11.0. The second-order valence-electron chi connectivity index (χ2n) is 7.33. The quantitative estimate of drug-likeness (QED) is 0.501. The highest BCUT2D eigenvalue weighted by atomic mass is 32.2. The lowest BCUT2D eigenvalue weighted by Crippen LogP contribution is -2.34. The van der Waals surface area contributed by atoms with E-state index in [4.69, 9.17) is 0 Å². The largest absolute Gasteiger partial charge is 0.374 e. The first kappa shape index (κ1) is 22.9. The van der Waals surface area contributed by atoms with Crippen LogP contribution in [0.2, 0.25) is 0 Å². The molecule has 0 aliphatic carbocycles. The summed E-state index contributed by atoms with van der Waals surface area (Å²) in [5, 5.41) is 0. The van der Waals surface area contributed by atoms with Crippen molar-refractivity contribution in [3.8, 4) is 0 Å². The van der Waals surface area contributed by atoms with Crippen LogP contribution in [0, 0.1) is 0 Å². The molecule has 0 fully saturated rings. The van der Waals surface area contributed by atoms with Gasteiger partial charge in [0.25, 0.3) is 0 Å². The van der Waals surface area contributed by atoms with E-state index in [0.29, 0.717) is 13.1 Å². The number of anilines is 2. The predicted molar refractivity (Wildman–Crippen MR) is 115 cm³/mol. The molecule has 28 heavy (non-hydrogen) atoms. The second kappa shape index (κ2) is 9.91. The summed E-state index contributed by atoms with van der Waals surface area (Å²) < 4.78 is 49.8. The van der Waals surface area contributed by atoms with Gasteiger partial charge in [-0.05, 0) is 43.4 Å². The van der Waals surface area contributed by atoms with Crippen LogP contribution in [0.3, 0.4) is 0 Å². The Morgan fingerprint density at radius 3 is 2.32 bits per heavy atom. The topological polar surface area (TPSA) is 98.8 Å². The third-order valence-electron chi connectivity index (χ3n) is 4.74. The lowest BCUT2D eigenvalue weighted by molar-refractivity contribution is 0.582. The van der Waals surface area contributed by atoms with Gasteiger partial charge in [0, 0.05) is 51.1 Å². The molecule has 0 bridgehead atoms. The monoisotopic (exact) mass is 432 g/mol. The minimum absolute atomic E-state index is 0.428. The Hall–Kier alpha value is -1.36. The Labute approximate surface area is 169 Å². The Bertz CT molecular complexity index is 842. The minimum atomic E-state index is -3.15. The number of rotatable bonds is 11. The molecular formula is C18H32N4O4S2. The van der Waals surface area contributed by atoms with E-state index in [1.165, 1.54) is 29.4 Å². The highest BCUT2D eigenvalue weighted by Gasteiger charge is 2.20. The lowest BCUT2D eigenvalue weighted by Gasteiger charge is -2.34. The molecule has 1 heterocycles. The van der Waals surface area contributed by atoms with Crippen molar-refractivity contribution in [2.75, 3.05) is 62.1 Å². The predicted octanol–water partition coefficient (Wildman–Crippen LogP) is 0.754. The summed E-state index contributed by atoms with van der Waals surface area (Å²) in [6, 6.07) is 6.28. The molecule has 8 nitrogen and oxygen atoms in total. The first-order valence-corrected chi connectivity index (χ1v) is 13.3. The lowest BCUT2D eigenvalue weighted by atomic mass is 9.98. The van der Waals surface area contributed by atoms with E-state index in [1.807, 2.05) is 13.1 Å². The molecule has 2 rings (SSSR count). The van der Waals surface area contributed by atoms with Crippen LogP contribution < -0.4 is 19.2 Å². The van der Waals surface area contributed by atoms with Crippen LogP contribution in [0.15, 0.2) is 18.2 Å². The van der Waals surface area contributed by atoms with Gasteiger partial charge < -0.3 is 9.80 Å². The summed E-state index contributed by atoms with van der Waals surface area (Å²) in [5.41, 5.74) is 3.70.